The van der Waals surface area contributed by atoms with Gasteiger partial charge in [0.25, 0.3) is 10.0 Å². The molecule has 1 aromatic heterocycles. The van der Waals surface area contributed by atoms with Gasteiger partial charge in [0.05, 0.1) is 30.2 Å². The van der Waals surface area contributed by atoms with E-state index in [9.17, 15) is 31.8 Å². The number of unbranched alkanes of at least 4 members (excludes halogenated alkanes) is 3. The third kappa shape index (κ3) is 11.4. The van der Waals surface area contributed by atoms with Crippen LogP contribution in [0.5, 0.6) is 0 Å². The number of sulfone groups is 1. The van der Waals surface area contributed by atoms with E-state index in [-0.39, 0.29) is 57.8 Å². The van der Waals surface area contributed by atoms with Crippen LogP contribution in [0.1, 0.15) is 116 Å². The van der Waals surface area contributed by atoms with E-state index < -0.39 is 37.3 Å². The minimum Gasteiger partial charge on any atom is -0.465 e. The van der Waals surface area contributed by atoms with E-state index in [4.69, 9.17) is 9.47 Å². The van der Waals surface area contributed by atoms with E-state index in [2.05, 4.69) is 16.6 Å². The molecule has 11 nitrogen and oxygen atoms in total. The van der Waals surface area contributed by atoms with Crippen molar-refractivity contribution in [1.82, 2.24) is 5.32 Å². The first-order valence-corrected chi connectivity index (χ1v) is 21.2. The monoisotopic (exact) mass is 732 g/mol. The van der Waals surface area contributed by atoms with Gasteiger partial charge in [-0.15, -0.1) is 11.3 Å². The Labute approximate surface area is 291 Å². The molecule has 3 N–H and O–H groups in total. The van der Waals surface area contributed by atoms with Gasteiger partial charge >= 0.3 is 5.97 Å². The number of esters is 1. The number of fused-ring (bicyclic) bond motifs is 1. The summed E-state index contributed by atoms with van der Waals surface area (Å²) in [7, 11) is -5.97. The van der Waals surface area contributed by atoms with Crippen molar-refractivity contribution < 1.29 is 41.3 Å². The molecule has 0 unspecified atom stereocenters. The van der Waals surface area contributed by atoms with Crippen LogP contribution in [-0.4, -0.2) is 83.1 Å². The Morgan fingerprint density at radius 3 is 2.56 bits per heavy atom. The molecule has 7 atom stereocenters. The first-order valence-electron chi connectivity index (χ1n) is 17.4. The lowest BCUT2D eigenvalue weighted by Crippen LogP contribution is -2.33. The highest BCUT2D eigenvalue weighted by Crippen LogP contribution is 2.43. The van der Waals surface area contributed by atoms with Gasteiger partial charge in [0.2, 0.25) is 0 Å². The predicted molar refractivity (Wildman–Crippen MR) is 189 cm³/mol. The zero-order valence-corrected chi connectivity index (χ0v) is 31.3. The third-order valence-corrected chi connectivity index (χ3v) is 15.1. The number of carbonyl (C=O) groups is 1. The molecule has 3 rings (SSSR count). The van der Waals surface area contributed by atoms with Crippen LogP contribution in [0, 0.1) is 11.8 Å². The second kappa shape index (κ2) is 19.6. The molecule has 0 aromatic carbocycles. The molecule has 1 saturated carbocycles. The molecular weight excluding hydrogens is 677 g/mol. The number of aliphatic hydroxyl groups is 2. The molecule has 1 fully saturated rings. The van der Waals surface area contributed by atoms with Crippen molar-refractivity contribution in [1.29, 1.82) is 0 Å². The lowest BCUT2D eigenvalue weighted by atomic mass is 9.85. The number of sulfonamides is 1. The maximum Gasteiger partial charge on any atom is 0.305 e. The standard InChI is InChI=1S/C34H56N2O9S3/c1-5-7-10-14-25(44-4)17-18-27-26(30(37)23-31(27)38)15-11-8-9-12-16-32(39)45-20-13-19-36-48(42,43)33-22-28-29(35-6-2)21-24(3)47(40,41)34(28)46-33/h8,11,19,22,24-27,29-31,35,37-38H,5-7,9-10,12-18,20-21,23H2,1-4H3/b11-8-,36-19+/t24-,25-,26+,27+,29-,30-,31+/m0/s1. The summed E-state index contributed by atoms with van der Waals surface area (Å²) in [4.78, 5) is 12.2. The number of allylic oxidation sites excluding steroid dienone is 2. The molecule has 48 heavy (non-hydrogen) atoms. The number of aliphatic hydroxyl groups excluding tert-OH is 2. The minimum atomic E-state index is -4.10. The number of methoxy groups -OCH3 is 1. The van der Waals surface area contributed by atoms with E-state index >= 15 is 0 Å². The van der Waals surface area contributed by atoms with Crippen molar-refractivity contribution in [2.45, 2.75) is 142 Å². The van der Waals surface area contributed by atoms with Gasteiger partial charge in [-0.2, -0.15) is 12.8 Å². The molecule has 14 heteroatoms. The number of ether oxygens (including phenoxy) is 2. The molecule has 2 heterocycles. The van der Waals surface area contributed by atoms with Crippen molar-refractivity contribution in [2.75, 3.05) is 20.3 Å². The van der Waals surface area contributed by atoms with Gasteiger partial charge in [-0.05, 0) is 82.7 Å². The zero-order chi connectivity index (χ0) is 35.3. The molecule has 0 spiro atoms. The summed E-state index contributed by atoms with van der Waals surface area (Å²) in [6.45, 7) is 6.32. The Morgan fingerprint density at radius 1 is 1.10 bits per heavy atom. The molecule has 0 radical (unpaired) electrons. The number of hydrogen-bond donors (Lipinski definition) is 3. The summed E-state index contributed by atoms with van der Waals surface area (Å²) >= 11 is 0.731. The van der Waals surface area contributed by atoms with Crippen LogP contribution < -0.4 is 5.32 Å². The van der Waals surface area contributed by atoms with Crippen LogP contribution in [0.15, 0.2) is 31.0 Å². The van der Waals surface area contributed by atoms with E-state index in [1.165, 1.54) is 25.1 Å². The van der Waals surface area contributed by atoms with Gasteiger partial charge in [0.15, 0.2) is 9.84 Å². The first kappa shape index (κ1) is 40.7. The van der Waals surface area contributed by atoms with Gasteiger partial charge in [-0.3, -0.25) is 4.79 Å². The molecule has 0 amide bonds. The Balaban J connectivity index is 1.37. The number of rotatable bonds is 21. The fourth-order valence-electron chi connectivity index (χ4n) is 6.69. The zero-order valence-electron chi connectivity index (χ0n) is 28.9. The second-order valence-electron chi connectivity index (χ2n) is 13.0. The highest BCUT2D eigenvalue weighted by molar-refractivity contribution is 7.96. The SMILES string of the molecule is CCCCC[C@@H](CC[C@@H]1[C@@H](C/C=C\CCCC(=O)OCC/C=N/S(=O)(=O)c2cc3c(s2)S(=O)(=O)[C@@H](C)C[C@@H]3NCC)[C@@H](O)C[C@H]1O)OC. The van der Waals surface area contributed by atoms with Crippen molar-refractivity contribution in [2.24, 2.45) is 16.2 Å². The van der Waals surface area contributed by atoms with E-state index in [0.717, 1.165) is 37.0 Å². The first-order chi connectivity index (χ1) is 22.8. The van der Waals surface area contributed by atoms with Crippen molar-refractivity contribution >= 4 is 43.4 Å². The van der Waals surface area contributed by atoms with Crippen LogP contribution in [-0.2, 0) is 34.1 Å². The van der Waals surface area contributed by atoms with Gasteiger partial charge < -0.3 is 25.0 Å². The number of hydrogen-bond acceptors (Lipinski definition) is 11. The largest absolute Gasteiger partial charge is 0.465 e. The van der Waals surface area contributed by atoms with Crippen LogP contribution in [0.3, 0.4) is 0 Å². The van der Waals surface area contributed by atoms with Crippen LogP contribution >= 0.6 is 11.3 Å². The van der Waals surface area contributed by atoms with Crippen molar-refractivity contribution in [3.8, 4) is 0 Å². The van der Waals surface area contributed by atoms with Gasteiger partial charge in [-0.1, -0.05) is 45.3 Å². The molecule has 1 aromatic rings. The third-order valence-electron chi connectivity index (χ3n) is 9.49. The number of carbonyl (C=O) groups excluding carboxylic acids is 1. The van der Waals surface area contributed by atoms with Gasteiger partial charge in [-0.25, -0.2) is 8.42 Å². The number of nitrogens with one attached hydrogen (secondary N) is 1. The maximum absolute atomic E-state index is 12.8. The van der Waals surface area contributed by atoms with Crippen LogP contribution in [0.2, 0.25) is 0 Å². The summed E-state index contributed by atoms with van der Waals surface area (Å²) in [6, 6.07) is 1.16. The van der Waals surface area contributed by atoms with Gasteiger partial charge in [0, 0.05) is 37.8 Å². The average Bonchev–Trinajstić information content (AvgIpc) is 3.62. The molecule has 1 aliphatic heterocycles. The fraction of sp³-hybridized carbons (Fsp3) is 0.765. The Kier molecular flexibility index (Phi) is 16.7. The Morgan fingerprint density at radius 2 is 1.85 bits per heavy atom. The molecule has 274 valence electrons. The minimum absolute atomic E-state index is 0.00300. The normalized spacial score (nSPS) is 26.3. The smallest absolute Gasteiger partial charge is 0.305 e. The van der Waals surface area contributed by atoms with E-state index in [1.807, 2.05) is 19.1 Å². The predicted octanol–water partition coefficient (Wildman–Crippen LogP) is 5.51. The fourth-order valence-corrected chi connectivity index (χ4v) is 11.6. The molecule has 0 bridgehead atoms. The van der Waals surface area contributed by atoms with Crippen LogP contribution in [0.4, 0.5) is 0 Å². The summed E-state index contributed by atoms with van der Waals surface area (Å²) in [5.74, 6) is -0.356. The average molecular weight is 733 g/mol. The highest BCUT2D eigenvalue weighted by Gasteiger charge is 2.41. The maximum atomic E-state index is 12.8. The summed E-state index contributed by atoms with van der Waals surface area (Å²) < 4.78 is 65.8. The molecular formula is C34H56N2O9S3. The summed E-state index contributed by atoms with van der Waals surface area (Å²) in [6.07, 6.45) is 13.5. The van der Waals surface area contributed by atoms with E-state index in [1.54, 1.807) is 14.0 Å². The lowest BCUT2D eigenvalue weighted by molar-refractivity contribution is -0.143. The van der Waals surface area contributed by atoms with Crippen molar-refractivity contribution in [3.05, 3.63) is 23.8 Å². The summed E-state index contributed by atoms with van der Waals surface area (Å²) in [5, 5.41) is 23.8. The van der Waals surface area contributed by atoms with Crippen LogP contribution in [0.25, 0.3) is 0 Å². The van der Waals surface area contributed by atoms with Crippen molar-refractivity contribution in [3.63, 3.8) is 0 Å². The molecule has 0 saturated heterocycles. The Hall–Kier alpha value is -1.68. The Bertz CT molecular complexity index is 1420. The summed E-state index contributed by atoms with van der Waals surface area (Å²) in [5.41, 5.74) is 0.473. The second-order valence-corrected chi connectivity index (χ2v) is 18.5. The topological polar surface area (TPSA) is 169 Å². The molecule has 1 aliphatic carbocycles. The van der Waals surface area contributed by atoms with Gasteiger partial charge in [0.1, 0.15) is 8.42 Å². The number of nitrogens with zero attached hydrogens (tertiary/aromatic N) is 1. The highest BCUT2D eigenvalue weighted by atomic mass is 32.3. The quantitative estimate of drug-likeness (QED) is 0.0635. The lowest BCUT2D eigenvalue weighted by Gasteiger charge is -2.27. The van der Waals surface area contributed by atoms with E-state index in [0.29, 0.717) is 44.2 Å². The number of thiophene rings is 1. The molecule has 2 aliphatic rings.